The van der Waals surface area contributed by atoms with Gasteiger partial charge in [0.05, 0.1) is 11.1 Å². The van der Waals surface area contributed by atoms with Crippen LogP contribution in [0.1, 0.15) is 66.6 Å². The number of fused-ring (bicyclic) bond motifs is 2. The maximum atomic E-state index is 14.7. The first kappa shape index (κ1) is 26.6. The summed E-state index contributed by atoms with van der Waals surface area (Å²) in [7, 11) is 0. The van der Waals surface area contributed by atoms with Crippen LogP contribution in [0.2, 0.25) is 5.02 Å². The van der Waals surface area contributed by atoms with E-state index in [2.05, 4.69) is 23.1 Å². The zero-order valence-electron chi connectivity index (χ0n) is 22.1. The molecule has 6 heteroatoms. The lowest BCUT2D eigenvalue weighted by atomic mass is 9.84. The number of hydrogen-bond donors (Lipinski definition) is 1. The lowest BCUT2D eigenvalue weighted by molar-refractivity contribution is -0.142. The summed E-state index contributed by atoms with van der Waals surface area (Å²) in [6.07, 6.45) is 7.28. The average Bonchev–Trinajstić information content (AvgIpc) is 3.06. The summed E-state index contributed by atoms with van der Waals surface area (Å²) >= 11 is 6.35. The Balaban J connectivity index is 1.26. The van der Waals surface area contributed by atoms with E-state index in [0.717, 1.165) is 62.5 Å². The molecule has 198 valence electrons. The van der Waals surface area contributed by atoms with Crippen molar-refractivity contribution in [3.8, 4) is 0 Å². The number of aromatic nitrogens is 1. The SMILES string of the molecule is CC(C)(C(=O)O)c1ccc(CCCN2CCC(=C3c4ccc(Cl)cc4CCc4cccnc43)CC2)c(F)c1. The molecule has 0 amide bonds. The van der Waals surface area contributed by atoms with Crippen LogP contribution < -0.4 is 0 Å². The molecular formula is C32H34ClFN2O2. The molecule has 0 unspecified atom stereocenters. The zero-order valence-corrected chi connectivity index (χ0v) is 22.8. The van der Waals surface area contributed by atoms with Crippen molar-refractivity contribution >= 4 is 23.1 Å². The third-order valence-corrected chi connectivity index (χ3v) is 8.41. The Hall–Kier alpha value is -3.02. The molecule has 4 nitrogen and oxygen atoms in total. The molecule has 0 radical (unpaired) electrons. The number of carboxylic acid groups (broad SMARTS) is 1. The summed E-state index contributed by atoms with van der Waals surface area (Å²) in [4.78, 5) is 18.8. The highest BCUT2D eigenvalue weighted by Gasteiger charge is 2.30. The number of carboxylic acids is 1. The Kier molecular flexibility index (Phi) is 7.69. The molecule has 5 rings (SSSR count). The molecule has 2 heterocycles. The highest BCUT2D eigenvalue weighted by atomic mass is 35.5. The van der Waals surface area contributed by atoms with E-state index >= 15 is 0 Å². The molecule has 0 saturated carbocycles. The fourth-order valence-corrected chi connectivity index (χ4v) is 5.88. The summed E-state index contributed by atoms with van der Waals surface area (Å²) in [5.74, 6) is -1.28. The summed E-state index contributed by atoms with van der Waals surface area (Å²) in [6, 6.07) is 15.3. The summed E-state index contributed by atoms with van der Waals surface area (Å²) in [6.45, 7) is 6.05. The first-order valence-electron chi connectivity index (χ1n) is 13.4. The van der Waals surface area contributed by atoms with Gasteiger partial charge in [-0.05, 0) is 111 Å². The number of likely N-dealkylation sites (tertiary alicyclic amines) is 1. The fourth-order valence-electron chi connectivity index (χ4n) is 5.69. The molecule has 1 saturated heterocycles. The number of nitrogens with zero attached hydrogens (tertiary/aromatic N) is 2. The van der Waals surface area contributed by atoms with Gasteiger partial charge in [0.1, 0.15) is 5.82 Å². The highest BCUT2D eigenvalue weighted by Crippen LogP contribution is 2.38. The maximum absolute atomic E-state index is 14.7. The molecule has 1 fully saturated rings. The van der Waals surface area contributed by atoms with E-state index in [9.17, 15) is 14.3 Å². The van der Waals surface area contributed by atoms with Crippen LogP contribution in [-0.2, 0) is 29.5 Å². The molecule has 2 aliphatic rings. The minimum absolute atomic E-state index is 0.319. The van der Waals surface area contributed by atoms with Gasteiger partial charge >= 0.3 is 5.97 Å². The topological polar surface area (TPSA) is 53.4 Å². The van der Waals surface area contributed by atoms with Crippen molar-refractivity contribution in [3.63, 3.8) is 0 Å². The second-order valence-electron chi connectivity index (χ2n) is 11.0. The Morgan fingerprint density at radius 2 is 1.82 bits per heavy atom. The van der Waals surface area contributed by atoms with Gasteiger partial charge in [-0.25, -0.2) is 4.39 Å². The van der Waals surface area contributed by atoms with Crippen molar-refractivity contribution in [2.75, 3.05) is 19.6 Å². The number of rotatable bonds is 6. The second-order valence-corrected chi connectivity index (χ2v) is 11.4. The van der Waals surface area contributed by atoms with Gasteiger partial charge in [-0.3, -0.25) is 9.78 Å². The van der Waals surface area contributed by atoms with Gasteiger partial charge < -0.3 is 10.0 Å². The third kappa shape index (κ3) is 5.41. The van der Waals surface area contributed by atoms with Gasteiger partial charge in [-0.1, -0.05) is 41.4 Å². The van der Waals surface area contributed by atoms with Gasteiger partial charge in [0.25, 0.3) is 0 Å². The molecule has 1 aromatic heterocycles. The predicted octanol–water partition coefficient (Wildman–Crippen LogP) is 6.87. The van der Waals surface area contributed by atoms with Crippen LogP contribution in [0.3, 0.4) is 0 Å². The van der Waals surface area contributed by atoms with Crippen molar-refractivity contribution in [1.82, 2.24) is 9.88 Å². The summed E-state index contributed by atoms with van der Waals surface area (Å²) in [5, 5.41) is 10.2. The molecule has 38 heavy (non-hydrogen) atoms. The van der Waals surface area contributed by atoms with Crippen LogP contribution in [0, 0.1) is 5.82 Å². The number of hydrogen-bond acceptors (Lipinski definition) is 3. The van der Waals surface area contributed by atoms with E-state index < -0.39 is 11.4 Å². The van der Waals surface area contributed by atoms with Crippen LogP contribution >= 0.6 is 11.6 Å². The van der Waals surface area contributed by atoms with E-state index in [0.29, 0.717) is 17.5 Å². The Labute approximate surface area is 229 Å². The van der Waals surface area contributed by atoms with E-state index in [1.54, 1.807) is 26.0 Å². The van der Waals surface area contributed by atoms with E-state index in [1.807, 2.05) is 18.3 Å². The quantitative estimate of drug-likeness (QED) is 0.376. The Bertz CT molecular complexity index is 1390. The average molecular weight is 533 g/mol. The van der Waals surface area contributed by atoms with Crippen LogP contribution in [0.4, 0.5) is 4.39 Å². The number of aliphatic carboxylic acids is 1. The Morgan fingerprint density at radius 3 is 2.55 bits per heavy atom. The highest BCUT2D eigenvalue weighted by molar-refractivity contribution is 6.30. The minimum atomic E-state index is -1.11. The Morgan fingerprint density at radius 1 is 1.05 bits per heavy atom. The fraction of sp³-hybridized carbons (Fsp3) is 0.375. The van der Waals surface area contributed by atoms with Crippen molar-refractivity contribution < 1.29 is 14.3 Å². The molecule has 0 atom stereocenters. The molecule has 3 aromatic rings. The standard InChI is InChI=1S/C32H34ClFN2O2/c1-32(2,31(37)38)25-10-9-21(28(34)20-25)6-4-16-36-17-13-22(14-18-36)29-27-12-11-26(33)19-24(27)8-7-23-5-3-15-35-30(23)29/h3,5,9-12,15,19-20H,4,6-8,13-14,16-18H2,1-2H3,(H,37,38). The maximum Gasteiger partial charge on any atom is 0.313 e. The smallest absolute Gasteiger partial charge is 0.313 e. The lowest BCUT2D eigenvalue weighted by Crippen LogP contribution is -2.32. The van der Waals surface area contributed by atoms with Crippen LogP contribution in [0.5, 0.6) is 0 Å². The number of carbonyl (C=O) groups is 1. The molecule has 0 spiro atoms. The van der Waals surface area contributed by atoms with Crippen molar-refractivity contribution in [2.24, 2.45) is 0 Å². The van der Waals surface area contributed by atoms with E-state index in [-0.39, 0.29) is 5.82 Å². The van der Waals surface area contributed by atoms with Crippen molar-refractivity contribution in [1.29, 1.82) is 0 Å². The second kappa shape index (κ2) is 11.0. The van der Waals surface area contributed by atoms with Gasteiger partial charge in [0.15, 0.2) is 0 Å². The van der Waals surface area contributed by atoms with Crippen molar-refractivity contribution in [3.05, 3.63) is 105 Å². The third-order valence-electron chi connectivity index (χ3n) is 8.17. The van der Waals surface area contributed by atoms with Gasteiger partial charge in [0, 0.05) is 29.9 Å². The number of piperidine rings is 1. The predicted molar refractivity (Wildman–Crippen MR) is 150 cm³/mol. The largest absolute Gasteiger partial charge is 0.481 e. The lowest BCUT2D eigenvalue weighted by Gasteiger charge is -2.30. The monoisotopic (exact) mass is 532 g/mol. The van der Waals surface area contributed by atoms with E-state index in [1.165, 1.54) is 33.9 Å². The number of halogens is 2. The van der Waals surface area contributed by atoms with E-state index in [4.69, 9.17) is 16.6 Å². The van der Waals surface area contributed by atoms with Crippen molar-refractivity contribution in [2.45, 2.75) is 57.8 Å². The normalized spacial score (nSPS) is 16.1. The van der Waals surface area contributed by atoms with Crippen LogP contribution in [0.15, 0.2) is 60.3 Å². The van der Waals surface area contributed by atoms with Gasteiger partial charge in [-0.15, -0.1) is 0 Å². The number of pyridine rings is 1. The molecule has 1 aliphatic carbocycles. The molecular weight excluding hydrogens is 499 g/mol. The summed E-state index contributed by atoms with van der Waals surface area (Å²) < 4.78 is 14.7. The number of benzene rings is 2. The van der Waals surface area contributed by atoms with Gasteiger partial charge in [0.2, 0.25) is 0 Å². The first-order valence-corrected chi connectivity index (χ1v) is 13.8. The number of aryl methyl sites for hydroxylation is 3. The molecule has 2 aromatic carbocycles. The minimum Gasteiger partial charge on any atom is -0.481 e. The zero-order chi connectivity index (χ0) is 26.9. The summed E-state index contributed by atoms with van der Waals surface area (Å²) in [5.41, 5.74) is 7.73. The van der Waals surface area contributed by atoms with Crippen LogP contribution in [-0.4, -0.2) is 40.6 Å². The molecule has 0 bridgehead atoms. The molecule has 1 N–H and O–H groups in total. The first-order chi connectivity index (χ1) is 18.2. The van der Waals surface area contributed by atoms with Gasteiger partial charge in [-0.2, -0.15) is 0 Å². The molecule has 1 aliphatic heterocycles. The van der Waals surface area contributed by atoms with Crippen LogP contribution in [0.25, 0.3) is 5.57 Å².